The zero-order valence-corrected chi connectivity index (χ0v) is 33.4. The van der Waals surface area contributed by atoms with Crippen LogP contribution in [0.2, 0.25) is 0 Å². The third-order valence-electron chi connectivity index (χ3n) is 9.43. The summed E-state index contributed by atoms with van der Waals surface area (Å²) in [5, 5.41) is 25.8. The summed E-state index contributed by atoms with van der Waals surface area (Å²) in [4.78, 5) is 0. The topological polar surface area (TPSA) is 40.5 Å². The zero-order chi connectivity index (χ0) is 39.1. The molecule has 0 fully saturated rings. The van der Waals surface area contributed by atoms with Crippen LogP contribution in [0.15, 0.2) is 182 Å². The number of aromatic hydroxyl groups is 2. The van der Waals surface area contributed by atoms with E-state index in [0.29, 0.717) is 0 Å². The first kappa shape index (κ1) is 42.0. The van der Waals surface area contributed by atoms with Gasteiger partial charge in [0, 0.05) is 0 Å². The molecule has 0 heterocycles. The molecular weight excluding hydrogens is 818 g/mol. The van der Waals surface area contributed by atoms with Gasteiger partial charge < -0.3 is 10.2 Å². The van der Waals surface area contributed by atoms with Crippen LogP contribution in [0.4, 0.5) is 26.3 Å². The largest absolute Gasteiger partial charge is 2.00 e. The predicted molar refractivity (Wildman–Crippen MR) is 211 cm³/mol. The number of hydrogen-bond donors (Lipinski definition) is 2. The Morgan fingerprint density at radius 1 is 0.429 bits per heavy atom. The molecule has 0 spiro atoms. The normalized spacial score (nSPS) is 11.5. The Balaban J connectivity index is 0.000000214. The molecule has 0 saturated carbocycles. The first-order valence-electron chi connectivity index (χ1n) is 17.4. The maximum Gasteiger partial charge on any atom is 2.00 e. The van der Waals surface area contributed by atoms with E-state index < -0.39 is 31.6 Å². The van der Waals surface area contributed by atoms with Crippen molar-refractivity contribution >= 4 is 40.0 Å². The number of phenolic OH excluding ortho intramolecular Hbond substituents is 2. The van der Waals surface area contributed by atoms with E-state index in [2.05, 4.69) is 133 Å². The van der Waals surface area contributed by atoms with Crippen LogP contribution >= 0.6 is 0 Å². The van der Waals surface area contributed by atoms with Crippen molar-refractivity contribution in [3.63, 3.8) is 0 Å². The molecule has 2 N–H and O–H groups in total. The van der Waals surface area contributed by atoms with Gasteiger partial charge in [0.1, 0.15) is 11.5 Å². The summed E-state index contributed by atoms with van der Waals surface area (Å²) in [6.07, 6.45) is -8.65. The smallest absolute Gasteiger partial charge is 0.508 e. The molecule has 0 aliphatic heterocycles. The van der Waals surface area contributed by atoms with Crippen LogP contribution < -0.4 is 10.4 Å². The Labute approximate surface area is 341 Å². The molecule has 0 radical (unpaired) electrons. The second kappa shape index (κ2) is 18.2. The van der Waals surface area contributed by atoms with Crippen molar-refractivity contribution in [1.82, 2.24) is 0 Å². The Morgan fingerprint density at radius 2 is 0.750 bits per heavy atom. The van der Waals surface area contributed by atoms with Gasteiger partial charge in [0.05, 0.1) is 19.2 Å². The number of benzene rings is 6. The van der Waals surface area contributed by atoms with Gasteiger partial charge in [0.15, 0.2) is 0 Å². The second-order valence-corrected chi connectivity index (χ2v) is 17.3. The van der Waals surface area contributed by atoms with E-state index in [0.717, 1.165) is 60.6 Å². The van der Waals surface area contributed by atoms with E-state index in [1.54, 1.807) is 0 Å². The molecule has 0 saturated heterocycles. The molecule has 0 amide bonds. The molecule has 8 aromatic rings. The van der Waals surface area contributed by atoms with E-state index >= 15 is 0 Å². The van der Waals surface area contributed by atoms with E-state index in [-0.39, 0.29) is 37.7 Å². The van der Waals surface area contributed by atoms with Gasteiger partial charge >= 0.3 is 38.6 Å². The van der Waals surface area contributed by atoms with Crippen LogP contribution in [0, 0.1) is 0 Å². The predicted octanol–water partition coefficient (Wildman–Crippen LogP) is 11.4. The quantitative estimate of drug-likeness (QED) is 0.0994. The fourth-order valence-corrected chi connectivity index (χ4v) is 11.5. The molecule has 2 nitrogen and oxygen atoms in total. The SMILES string of the molecule is Oc1ccc(C(F)(F)F)cc1.Oc1ccc(C(F)(F)F)cc1.[Zr+2].c1ccc(C[Si](Cc2ccccc2)(c2cc3ccccc3[cH-]2)c2cc3ccccc3[cH-]2)cc1. The third-order valence-corrected chi connectivity index (χ3v) is 14.2. The van der Waals surface area contributed by atoms with E-state index in [4.69, 9.17) is 10.2 Å². The number of phenols is 2. The summed E-state index contributed by atoms with van der Waals surface area (Å²) in [5.41, 5.74) is 1.34. The van der Waals surface area contributed by atoms with Crippen LogP contribution in [0.25, 0.3) is 21.5 Å². The summed E-state index contributed by atoms with van der Waals surface area (Å²) in [6.45, 7) is 0. The second-order valence-electron chi connectivity index (χ2n) is 13.2. The molecule has 282 valence electrons. The van der Waals surface area contributed by atoms with Gasteiger partial charge in [-0.1, -0.05) is 83.9 Å². The number of alkyl halides is 6. The van der Waals surface area contributed by atoms with Crippen molar-refractivity contribution in [2.45, 2.75) is 24.4 Å². The van der Waals surface area contributed by atoms with Gasteiger partial charge in [-0.15, -0.1) is 69.7 Å². The van der Waals surface area contributed by atoms with E-state index in [1.165, 1.54) is 43.0 Å². The van der Waals surface area contributed by atoms with Crippen molar-refractivity contribution in [1.29, 1.82) is 0 Å². The molecule has 8 rings (SSSR count). The minimum atomic E-state index is -4.33. The first-order chi connectivity index (χ1) is 26.3. The van der Waals surface area contributed by atoms with Crippen molar-refractivity contribution in [2.24, 2.45) is 0 Å². The third kappa shape index (κ3) is 10.6. The molecule has 0 aromatic heterocycles. The Morgan fingerprint density at radius 3 is 1.07 bits per heavy atom. The summed E-state index contributed by atoms with van der Waals surface area (Å²) in [7, 11) is -2.20. The Bertz CT molecular complexity index is 2180. The number of halogens is 6. The van der Waals surface area contributed by atoms with Crippen LogP contribution in [0.1, 0.15) is 22.3 Å². The summed E-state index contributed by atoms with van der Waals surface area (Å²) in [6, 6.07) is 59.2. The average molecular weight is 854 g/mol. The number of rotatable bonds is 6. The van der Waals surface area contributed by atoms with Crippen LogP contribution in [0.5, 0.6) is 11.5 Å². The Hall–Kier alpha value is -5.18. The molecule has 0 unspecified atom stereocenters. The molecule has 8 aromatic carbocycles. The van der Waals surface area contributed by atoms with Gasteiger partial charge in [-0.25, -0.2) is 0 Å². The van der Waals surface area contributed by atoms with Crippen molar-refractivity contribution < 1.29 is 62.8 Å². The van der Waals surface area contributed by atoms with Gasteiger partial charge in [-0.3, -0.25) is 0 Å². The van der Waals surface area contributed by atoms with Crippen molar-refractivity contribution in [2.75, 3.05) is 0 Å². The summed E-state index contributed by atoms with van der Waals surface area (Å²) in [5.74, 6) is -0.337. The maximum absolute atomic E-state index is 11.8. The maximum atomic E-state index is 11.8. The monoisotopic (exact) mass is 852 g/mol. The fraction of sp³-hybridized carbons (Fsp3) is 0.0870. The fourth-order valence-electron chi connectivity index (χ4n) is 6.68. The minimum Gasteiger partial charge on any atom is -0.508 e. The zero-order valence-electron chi connectivity index (χ0n) is 29.9. The van der Waals surface area contributed by atoms with Crippen molar-refractivity contribution in [3.8, 4) is 11.5 Å². The molecule has 0 aliphatic rings. The van der Waals surface area contributed by atoms with E-state index in [1.807, 2.05) is 0 Å². The molecule has 0 atom stereocenters. The van der Waals surface area contributed by atoms with Crippen molar-refractivity contribution in [3.05, 3.63) is 204 Å². The molecule has 0 aliphatic carbocycles. The van der Waals surface area contributed by atoms with Gasteiger partial charge in [-0.2, -0.15) is 49.2 Å². The van der Waals surface area contributed by atoms with Crippen LogP contribution in [-0.2, 0) is 50.6 Å². The summed E-state index contributed by atoms with van der Waals surface area (Å²) >= 11 is 0. The van der Waals surface area contributed by atoms with Gasteiger partial charge in [0.2, 0.25) is 0 Å². The number of fused-ring (bicyclic) bond motifs is 2. The van der Waals surface area contributed by atoms with Crippen LogP contribution in [-0.4, -0.2) is 18.3 Å². The van der Waals surface area contributed by atoms with E-state index in [9.17, 15) is 26.3 Å². The molecule has 0 bridgehead atoms. The summed E-state index contributed by atoms with van der Waals surface area (Å²) < 4.78 is 71.0. The average Bonchev–Trinajstić information content (AvgIpc) is 3.81. The molecular formula is C46H36F6O2SiZr. The first-order valence-corrected chi connectivity index (χ1v) is 19.8. The van der Waals surface area contributed by atoms with Crippen LogP contribution in [0.3, 0.4) is 0 Å². The molecule has 10 heteroatoms. The van der Waals surface area contributed by atoms with Gasteiger partial charge in [0.25, 0.3) is 0 Å². The number of hydrogen-bond acceptors (Lipinski definition) is 2. The Kier molecular flexibility index (Phi) is 13.6. The minimum absolute atomic E-state index is 0. The standard InChI is InChI=1S/C32H26Si.2C7H5F3O.Zr/c1-3-11-25(12-4-1)23-33(24-26-13-5-2-6-14-26,31-19-27-15-7-8-16-28(27)20-31)32-21-29-17-9-10-18-30(29)22-32;2*8-7(9,10)5-1-3-6(11)4-2-5;/h1-22H,23-24H2;2*1-4,11H;/q-2;;;+2. The molecule has 56 heavy (non-hydrogen) atoms. The van der Waals surface area contributed by atoms with Gasteiger partial charge in [-0.05, 0) is 60.6 Å².